The molecule has 1 N–H and O–H groups in total. The number of carbonyl (C=O) groups is 1. The summed E-state index contributed by atoms with van der Waals surface area (Å²) in [6.07, 6.45) is 2.32. The van der Waals surface area contributed by atoms with Gasteiger partial charge in [-0.05, 0) is 32.9 Å². The van der Waals surface area contributed by atoms with Gasteiger partial charge in [0.1, 0.15) is 0 Å². The number of nitrogens with zero attached hydrogens (tertiary/aromatic N) is 1. The van der Waals surface area contributed by atoms with Gasteiger partial charge in [0.05, 0.1) is 6.04 Å². The third-order valence-corrected chi connectivity index (χ3v) is 2.59. The van der Waals surface area contributed by atoms with E-state index < -0.39 is 0 Å². The van der Waals surface area contributed by atoms with Crippen LogP contribution in [0.25, 0.3) is 0 Å². The van der Waals surface area contributed by atoms with Crippen LogP contribution in [-0.4, -0.2) is 37.0 Å². The van der Waals surface area contributed by atoms with Crippen molar-refractivity contribution in [3.63, 3.8) is 0 Å². The van der Waals surface area contributed by atoms with Gasteiger partial charge in [0, 0.05) is 6.54 Å². The molecule has 0 spiro atoms. The van der Waals surface area contributed by atoms with E-state index in [2.05, 4.69) is 31.0 Å². The van der Waals surface area contributed by atoms with Crippen LogP contribution in [0.3, 0.4) is 0 Å². The fourth-order valence-corrected chi connectivity index (χ4v) is 1.25. The molecule has 3 nitrogen and oxygen atoms in total. The standard InChI is InChI=1S/C12H26N2O/c1-6-7-8-14(5)11(4)12(15)13-9-10(2)3/h10-11H,6-9H2,1-5H3,(H,13,15). The Morgan fingerprint density at radius 2 is 1.93 bits per heavy atom. The molecule has 0 aliphatic rings. The van der Waals surface area contributed by atoms with Crippen molar-refractivity contribution in [1.82, 2.24) is 10.2 Å². The second kappa shape index (κ2) is 7.69. The Morgan fingerprint density at radius 1 is 1.33 bits per heavy atom. The lowest BCUT2D eigenvalue weighted by atomic mass is 10.2. The molecular weight excluding hydrogens is 188 g/mol. The number of hydrogen-bond acceptors (Lipinski definition) is 2. The van der Waals surface area contributed by atoms with E-state index in [-0.39, 0.29) is 11.9 Å². The molecule has 15 heavy (non-hydrogen) atoms. The summed E-state index contributed by atoms with van der Waals surface area (Å²) in [5.41, 5.74) is 0. The molecule has 0 aromatic carbocycles. The quantitative estimate of drug-likeness (QED) is 0.702. The van der Waals surface area contributed by atoms with Crippen LogP contribution in [0, 0.1) is 5.92 Å². The summed E-state index contributed by atoms with van der Waals surface area (Å²) in [6, 6.07) is -0.0182. The second-order valence-corrected chi connectivity index (χ2v) is 4.65. The minimum atomic E-state index is -0.0182. The summed E-state index contributed by atoms with van der Waals surface area (Å²) in [5, 5.41) is 2.96. The summed E-state index contributed by atoms with van der Waals surface area (Å²) in [5.74, 6) is 0.657. The highest BCUT2D eigenvalue weighted by atomic mass is 16.2. The molecule has 0 saturated carbocycles. The number of rotatable bonds is 7. The highest BCUT2D eigenvalue weighted by Gasteiger charge is 2.16. The van der Waals surface area contributed by atoms with E-state index in [9.17, 15) is 4.79 Å². The maximum atomic E-state index is 11.7. The Balaban J connectivity index is 3.85. The van der Waals surface area contributed by atoms with E-state index in [1.807, 2.05) is 14.0 Å². The lowest BCUT2D eigenvalue weighted by Gasteiger charge is -2.24. The third-order valence-electron chi connectivity index (χ3n) is 2.59. The smallest absolute Gasteiger partial charge is 0.237 e. The summed E-state index contributed by atoms with van der Waals surface area (Å²) < 4.78 is 0. The lowest BCUT2D eigenvalue weighted by Crippen LogP contribution is -2.44. The molecule has 0 aliphatic carbocycles. The third kappa shape index (κ3) is 6.50. The second-order valence-electron chi connectivity index (χ2n) is 4.65. The van der Waals surface area contributed by atoms with Crippen molar-refractivity contribution in [2.24, 2.45) is 5.92 Å². The van der Waals surface area contributed by atoms with Crippen LogP contribution < -0.4 is 5.32 Å². The minimum absolute atomic E-state index is 0.0182. The van der Waals surface area contributed by atoms with Gasteiger partial charge in [-0.15, -0.1) is 0 Å². The summed E-state index contributed by atoms with van der Waals surface area (Å²) in [6.45, 7) is 10.1. The lowest BCUT2D eigenvalue weighted by molar-refractivity contribution is -0.125. The Morgan fingerprint density at radius 3 is 2.40 bits per heavy atom. The topological polar surface area (TPSA) is 32.3 Å². The zero-order valence-electron chi connectivity index (χ0n) is 10.8. The van der Waals surface area contributed by atoms with Gasteiger partial charge in [-0.25, -0.2) is 0 Å². The van der Waals surface area contributed by atoms with Crippen molar-refractivity contribution in [3.8, 4) is 0 Å². The molecule has 0 aliphatic heterocycles. The van der Waals surface area contributed by atoms with Gasteiger partial charge in [0.2, 0.25) is 5.91 Å². The molecule has 0 fully saturated rings. The molecule has 1 amide bonds. The van der Waals surface area contributed by atoms with Crippen molar-refractivity contribution in [3.05, 3.63) is 0 Å². The average molecular weight is 214 g/mol. The molecule has 0 rings (SSSR count). The molecule has 0 saturated heterocycles. The Labute approximate surface area is 94.2 Å². The number of carbonyl (C=O) groups excluding carboxylic acids is 1. The van der Waals surface area contributed by atoms with Crippen molar-refractivity contribution in [2.45, 2.75) is 46.6 Å². The van der Waals surface area contributed by atoms with Crippen LogP contribution in [-0.2, 0) is 4.79 Å². The minimum Gasteiger partial charge on any atom is -0.354 e. The van der Waals surface area contributed by atoms with Crippen molar-refractivity contribution >= 4 is 5.91 Å². The molecule has 0 heterocycles. The van der Waals surface area contributed by atoms with Crippen LogP contribution >= 0.6 is 0 Å². The molecule has 0 aromatic rings. The van der Waals surface area contributed by atoms with Gasteiger partial charge in [0.25, 0.3) is 0 Å². The van der Waals surface area contributed by atoms with E-state index in [4.69, 9.17) is 0 Å². The summed E-state index contributed by atoms with van der Waals surface area (Å²) in [7, 11) is 2.01. The van der Waals surface area contributed by atoms with E-state index in [0.717, 1.165) is 19.5 Å². The molecule has 0 aromatic heterocycles. The van der Waals surface area contributed by atoms with Crippen molar-refractivity contribution < 1.29 is 4.79 Å². The van der Waals surface area contributed by atoms with Crippen LogP contribution in [0.4, 0.5) is 0 Å². The first-order valence-corrected chi connectivity index (χ1v) is 5.97. The van der Waals surface area contributed by atoms with Crippen LogP contribution in [0.5, 0.6) is 0 Å². The summed E-state index contributed by atoms with van der Waals surface area (Å²) in [4.78, 5) is 13.8. The van der Waals surface area contributed by atoms with Crippen LogP contribution in [0.15, 0.2) is 0 Å². The molecular formula is C12H26N2O. The molecule has 90 valence electrons. The van der Waals surface area contributed by atoms with E-state index in [1.54, 1.807) is 0 Å². The average Bonchev–Trinajstić information content (AvgIpc) is 2.21. The van der Waals surface area contributed by atoms with Gasteiger partial charge in [-0.3, -0.25) is 9.69 Å². The molecule has 0 radical (unpaired) electrons. The number of nitrogens with one attached hydrogen (secondary N) is 1. The van der Waals surface area contributed by atoms with Crippen molar-refractivity contribution in [2.75, 3.05) is 20.1 Å². The van der Waals surface area contributed by atoms with Gasteiger partial charge < -0.3 is 5.32 Å². The van der Waals surface area contributed by atoms with E-state index >= 15 is 0 Å². The number of amides is 1. The van der Waals surface area contributed by atoms with Gasteiger partial charge in [-0.1, -0.05) is 27.2 Å². The predicted molar refractivity (Wildman–Crippen MR) is 64.8 cm³/mol. The first kappa shape index (κ1) is 14.4. The molecule has 0 bridgehead atoms. The Kier molecular flexibility index (Phi) is 7.39. The molecule has 1 unspecified atom stereocenters. The van der Waals surface area contributed by atoms with Crippen LogP contribution in [0.2, 0.25) is 0 Å². The van der Waals surface area contributed by atoms with E-state index in [1.165, 1.54) is 6.42 Å². The van der Waals surface area contributed by atoms with Crippen LogP contribution in [0.1, 0.15) is 40.5 Å². The summed E-state index contributed by atoms with van der Waals surface area (Å²) >= 11 is 0. The maximum Gasteiger partial charge on any atom is 0.237 e. The Hall–Kier alpha value is -0.570. The molecule has 3 heteroatoms. The molecule has 1 atom stereocenters. The normalized spacial score (nSPS) is 13.3. The zero-order valence-corrected chi connectivity index (χ0v) is 10.8. The Bertz CT molecular complexity index is 180. The first-order valence-electron chi connectivity index (χ1n) is 5.97. The highest BCUT2D eigenvalue weighted by molar-refractivity contribution is 5.81. The first-order chi connectivity index (χ1) is 6.99. The van der Waals surface area contributed by atoms with Gasteiger partial charge in [-0.2, -0.15) is 0 Å². The van der Waals surface area contributed by atoms with Gasteiger partial charge >= 0.3 is 0 Å². The zero-order chi connectivity index (χ0) is 11.8. The predicted octanol–water partition coefficient (Wildman–Crippen LogP) is 1.88. The van der Waals surface area contributed by atoms with Crippen molar-refractivity contribution in [1.29, 1.82) is 0 Å². The fourth-order valence-electron chi connectivity index (χ4n) is 1.25. The maximum absolute atomic E-state index is 11.7. The highest BCUT2D eigenvalue weighted by Crippen LogP contribution is 1.99. The largest absolute Gasteiger partial charge is 0.354 e. The number of likely N-dealkylation sites (N-methyl/N-ethyl adjacent to an activating group) is 1. The van der Waals surface area contributed by atoms with E-state index in [0.29, 0.717) is 5.92 Å². The van der Waals surface area contributed by atoms with Gasteiger partial charge in [0.15, 0.2) is 0 Å². The number of unbranched alkanes of at least 4 members (excludes halogenated alkanes) is 1. The SMILES string of the molecule is CCCCN(C)C(C)C(=O)NCC(C)C. The monoisotopic (exact) mass is 214 g/mol. The fraction of sp³-hybridized carbons (Fsp3) is 0.917. The number of hydrogen-bond donors (Lipinski definition) is 1.